The number of hydrogen-bond acceptors (Lipinski definition) is 4. The number of rotatable bonds is 6. The molecule has 0 atom stereocenters. The molecular weight excluding hydrogens is 508 g/mol. The Morgan fingerprint density at radius 1 is 0.865 bits per heavy atom. The fourth-order valence-corrected chi connectivity index (χ4v) is 6.22. The van der Waals surface area contributed by atoms with E-state index < -0.39 is 15.9 Å². The van der Waals surface area contributed by atoms with Crippen LogP contribution in [-0.2, 0) is 14.8 Å². The molecule has 8 heteroatoms. The Hall–Kier alpha value is -4.07. The zero-order valence-electron chi connectivity index (χ0n) is 19.9. The van der Waals surface area contributed by atoms with E-state index in [1.165, 1.54) is 4.31 Å². The predicted molar refractivity (Wildman–Crippen MR) is 147 cm³/mol. The molecule has 6 nitrogen and oxygen atoms in total. The van der Waals surface area contributed by atoms with Crippen molar-refractivity contribution in [3.05, 3.63) is 124 Å². The molecule has 37 heavy (non-hydrogen) atoms. The first-order valence-electron chi connectivity index (χ1n) is 11.6. The minimum absolute atomic E-state index is 0.154. The van der Waals surface area contributed by atoms with Crippen molar-refractivity contribution in [1.29, 1.82) is 0 Å². The molecule has 0 unspecified atom stereocenters. The highest BCUT2D eigenvalue weighted by Crippen LogP contribution is 2.44. The highest BCUT2D eigenvalue weighted by Gasteiger charge is 2.40. The molecular formula is C29H23ClN2O4S. The van der Waals surface area contributed by atoms with Gasteiger partial charge in [0.05, 0.1) is 5.69 Å². The van der Waals surface area contributed by atoms with E-state index in [-0.39, 0.29) is 11.4 Å². The first-order valence-corrected chi connectivity index (χ1v) is 13.5. The number of benzene rings is 4. The number of hydrogen-bond donors (Lipinski definition) is 1. The lowest BCUT2D eigenvalue weighted by Crippen LogP contribution is -2.39. The molecule has 0 aromatic heterocycles. The first-order chi connectivity index (χ1) is 17.9. The second-order valence-corrected chi connectivity index (χ2v) is 10.5. The van der Waals surface area contributed by atoms with E-state index in [4.69, 9.17) is 16.3 Å². The van der Waals surface area contributed by atoms with E-state index in [0.29, 0.717) is 44.6 Å². The van der Waals surface area contributed by atoms with Crippen molar-refractivity contribution in [1.82, 2.24) is 0 Å². The van der Waals surface area contributed by atoms with Gasteiger partial charge < -0.3 is 10.1 Å². The monoisotopic (exact) mass is 530 g/mol. The molecule has 1 aliphatic rings. The zero-order valence-corrected chi connectivity index (χ0v) is 21.5. The van der Waals surface area contributed by atoms with Gasteiger partial charge in [0.1, 0.15) is 11.5 Å². The third-order valence-electron chi connectivity index (χ3n) is 5.92. The number of amides is 1. The maximum absolute atomic E-state index is 13.8. The fraction of sp³-hybridized carbons (Fsp3) is 0.0690. The molecule has 4 aromatic rings. The highest BCUT2D eigenvalue weighted by molar-refractivity contribution is 7.97. The lowest BCUT2D eigenvalue weighted by Gasteiger charge is -2.33. The van der Waals surface area contributed by atoms with Crippen LogP contribution in [-0.4, -0.2) is 20.9 Å². The van der Waals surface area contributed by atoms with Crippen LogP contribution in [0.3, 0.4) is 0 Å². The molecule has 186 valence electrons. The topological polar surface area (TPSA) is 75.7 Å². The summed E-state index contributed by atoms with van der Waals surface area (Å²) in [6.07, 6.45) is 0. The van der Waals surface area contributed by atoms with Gasteiger partial charge in [0, 0.05) is 28.4 Å². The molecule has 0 fully saturated rings. The third kappa shape index (κ3) is 4.83. The van der Waals surface area contributed by atoms with E-state index in [1.54, 1.807) is 73.7 Å². The van der Waals surface area contributed by atoms with Gasteiger partial charge in [-0.15, -0.1) is 0 Å². The zero-order chi connectivity index (χ0) is 26.0. The van der Waals surface area contributed by atoms with Crippen molar-refractivity contribution in [3.8, 4) is 11.5 Å². The SMILES string of the molecule is CCN1c2ccc(Cl)cc2C(c2ccccc2)=C(C(=O)Nc2ccc(Oc3ccccc3)cc2)S1(=O)=O. The second kappa shape index (κ2) is 10.1. The molecule has 1 aliphatic heterocycles. The summed E-state index contributed by atoms with van der Waals surface area (Å²) in [5.74, 6) is 0.529. The molecule has 1 N–H and O–H groups in total. The summed E-state index contributed by atoms with van der Waals surface area (Å²) >= 11 is 6.32. The number of fused-ring (bicyclic) bond motifs is 1. The van der Waals surface area contributed by atoms with Crippen LogP contribution < -0.4 is 14.4 Å². The molecule has 0 saturated heterocycles. The van der Waals surface area contributed by atoms with Gasteiger partial charge in [-0.1, -0.05) is 60.1 Å². The number of anilines is 2. The molecule has 0 bridgehead atoms. The Kier molecular flexibility index (Phi) is 6.74. The van der Waals surface area contributed by atoms with Gasteiger partial charge in [0.15, 0.2) is 4.91 Å². The molecule has 5 rings (SSSR count). The van der Waals surface area contributed by atoms with E-state index >= 15 is 0 Å². The maximum atomic E-state index is 13.8. The first kappa shape index (κ1) is 24.6. The number of nitrogens with zero attached hydrogens (tertiary/aromatic N) is 1. The van der Waals surface area contributed by atoms with Crippen LogP contribution in [0.15, 0.2) is 108 Å². The van der Waals surface area contributed by atoms with Gasteiger partial charge in [-0.25, -0.2) is 8.42 Å². The van der Waals surface area contributed by atoms with E-state index in [9.17, 15) is 13.2 Å². The summed E-state index contributed by atoms with van der Waals surface area (Å²) in [6, 6.07) is 30.0. The summed E-state index contributed by atoms with van der Waals surface area (Å²) in [5, 5.41) is 3.20. The highest BCUT2D eigenvalue weighted by atomic mass is 35.5. The van der Waals surface area contributed by atoms with Crippen LogP contribution in [0, 0.1) is 0 Å². The molecule has 0 aliphatic carbocycles. The van der Waals surface area contributed by atoms with Crippen LogP contribution >= 0.6 is 11.6 Å². The molecule has 0 radical (unpaired) electrons. The van der Waals surface area contributed by atoms with Crippen LogP contribution in [0.2, 0.25) is 5.02 Å². The Morgan fingerprint density at radius 3 is 2.14 bits per heavy atom. The van der Waals surface area contributed by atoms with Gasteiger partial charge in [-0.2, -0.15) is 0 Å². The number of halogens is 1. The summed E-state index contributed by atoms with van der Waals surface area (Å²) in [7, 11) is -4.17. The average Bonchev–Trinajstić information content (AvgIpc) is 2.90. The molecule has 0 saturated carbocycles. The van der Waals surface area contributed by atoms with Gasteiger partial charge in [-0.05, 0) is 67.1 Å². The molecule has 4 aromatic carbocycles. The summed E-state index contributed by atoms with van der Waals surface area (Å²) in [5.41, 5.74) is 2.39. The standard InChI is InChI=1S/C29H23ClN2O4S/c1-2-32-26-18-13-21(30)19-25(26)27(20-9-5-3-6-10-20)28(37(32,34)35)29(33)31-22-14-16-24(17-15-22)36-23-11-7-4-8-12-23/h3-19H,2H2,1H3,(H,31,33). The van der Waals surface area contributed by atoms with Gasteiger partial charge in [-0.3, -0.25) is 9.10 Å². The number of carbonyl (C=O) groups excluding carboxylic acids is 1. The van der Waals surface area contributed by atoms with Crippen molar-refractivity contribution >= 4 is 44.5 Å². The summed E-state index contributed by atoms with van der Waals surface area (Å²) < 4.78 is 34.7. The Labute approximate surface area is 220 Å². The minimum Gasteiger partial charge on any atom is -0.457 e. The number of ether oxygens (including phenoxy) is 1. The van der Waals surface area contributed by atoms with Crippen molar-refractivity contribution in [3.63, 3.8) is 0 Å². The normalized spacial score (nSPS) is 14.2. The number of para-hydroxylation sites is 1. The average molecular weight is 531 g/mol. The van der Waals surface area contributed by atoms with Crippen molar-refractivity contribution in [2.45, 2.75) is 6.92 Å². The van der Waals surface area contributed by atoms with E-state index in [2.05, 4.69) is 5.32 Å². The lowest BCUT2D eigenvalue weighted by molar-refractivity contribution is -0.112. The largest absolute Gasteiger partial charge is 0.457 e. The van der Waals surface area contributed by atoms with Gasteiger partial charge in [0.2, 0.25) is 0 Å². The van der Waals surface area contributed by atoms with Gasteiger partial charge in [0.25, 0.3) is 15.9 Å². The number of carbonyl (C=O) groups is 1. The fourth-order valence-electron chi connectivity index (χ4n) is 4.30. The molecule has 0 spiro atoms. The molecule has 1 heterocycles. The van der Waals surface area contributed by atoms with Crippen LogP contribution in [0.1, 0.15) is 18.1 Å². The summed E-state index contributed by atoms with van der Waals surface area (Å²) in [6.45, 7) is 1.88. The third-order valence-corrected chi connectivity index (χ3v) is 8.09. The van der Waals surface area contributed by atoms with Crippen LogP contribution in [0.4, 0.5) is 11.4 Å². The van der Waals surface area contributed by atoms with Crippen molar-refractivity contribution < 1.29 is 17.9 Å². The maximum Gasteiger partial charge on any atom is 0.270 e. The number of sulfonamides is 1. The van der Waals surface area contributed by atoms with Crippen molar-refractivity contribution in [2.75, 3.05) is 16.2 Å². The van der Waals surface area contributed by atoms with Crippen LogP contribution in [0.25, 0.3) is 5.57 Å². The Bertz CT molecular complexity index is 1590. The predicted octanol–water partition coefficient (Wildman–Crippen LogP) is 6.70. The van der Waals surface area contributed by atoms with Crippen molar-refractivity contribution in [2.24, 2.45) is 0 Å². The van der Waals surface area contributed by atoms with Crippen LogP contribution in [0.5, 0.6) is 11.5 Å². The second-order valence-electron chi connectivity index (χ2n) is 8.30. The number of nitrogens with one attached hydrogen (secondary N) is 1. The van der Waals surface area contributed by atoms with E-state index in [1.807, 2.05) is 36.4 Å². The van der Waals surface area contributed by atoms with E-state index in [0.717, 1.165) is 0 Å². The Balaban J connectivity index is 1.57. The summed E-state index contributed by atoms with van der Waals surface area (Å²) in [4.78, 5) is 13.3. The Morgan fingerprint density at radius 2 is 1.49 bits per heavy atom. The van der Waals surface area contributed by atoms with Gasteiger partial charge >= 0.3 is 0 Å². The minimum atomic E-state index is -4.17. The molecule has 1 amide bonds. The quantitative estimate of drug-likeness (QED) is 0.301. The lowest BCUT2D eigenvalue weighted by atomic mass is 9.95. The smallest absolute Gasteiger partial charge is 0.270 e.